The van der Waals surface area contributed by atoms with E-state index in [1.165, 1.54) is 12.1 Å². The summed E-state index contributed by atoms with van der Waals surface area (Å²) < 4.78 is 26.5. The third-order valence-electron chi connectivity index (χ3n) is 3.00. The lowest BCUT2D eigenvalue weighted by Gasteiger charge is -2.08. The number of carbonyl (C=O) groups excluding carboxylic acids is 1. The minimum Gasteiger partial charge on any atom is -0.329 e. The van der Waals surface area contributed by atoms with E-state index >= 15 is 0 Å². The number of sulfonamides is 1. The van der Waals surface area contributed by atoms with Gasteiger partial charge in [-0.1, -0.05) is 6.07 Å². The van der Waals surface area contributed by atoms with Crippen molar-refractivity contribution in [3.8, 4) is 0 Å². The first-order chi connectivity index (χ1) is 10.9. The molecule has 0 fully saturated rings. The number of carbonyl (C=O) groups is 1. The van der Waals surface area contributed by atoms with Crippen molar-refractivity contribution in [1.82, 2.24) is 4.72 Å². The van der Waals surface area contributed by atoms with Gasteiger partial charge in [0.2, 0.25) is 15.9 Å². The van der Waals surface area contributed by atoms with Crippen LogP contribution in [0.5, 0.6) is 0 Å². The van der Waals surface area contributed by atoms with Crippen molar-refractivity contribution >= 4 is 33.0 Å². The zero-order chi connectivity index (χ0) is 16.9. The number of benzene rings is 1. The molecule has 0 atom stereocenters. The van der Waals surface area contributed by atoms with Crippen molar-refractivity contribution in [2.45, 2.75) is 18.2 Å². The van der Waals surface area contributed by atoms with Crippen LogP contribution in [0.1, 0.15) is 9.75 Å². The monoisotopic (exact) mass is 353 g/mol. The molecule has 0 bridgehead atoms. The summed E-state index contributed by atoms with van der Waals surface area (Å²) in [4.78, 5) is 14.2. The van der Waals surface area contributed by atoms with Crippen LogP contribution in [0.4, 0.5) is 5.69 Å². The Balaban J connectivity index is 2.06. The van der Waals surface area contributed by atoms with Crippen LogP contribution in [0.25, 0.3) is 0 Å². The smallest absolute Gasteiger partial charge is 0.240 e. The minimum atomic E-state index is -3.62. The van der Waals surface area contributed by atoms with Crippen LogP contribution in [0.3, 0.4) is 0 Å². The molecule has 1 heterocycles. The van der Waals surface area contributed by atoms with Crippen LogP contribution in [-0.2, 0) is 21.2 Å². The van der Waals surface area contributed by atoms with Crippen LogP contribution >= 0.6 is 11.3 Å². The Morgan fingerprint density at radius 2 is 2.04 bits per heavy atom. The highest BCUT2D eigenvalue weighted by molar-refractivity contribution is 7.89. The Bertz CT molecular complexity index is 785. The fourth-order valence-corrected chi connectivity index (χ4v) is 3.94. The van der Waals surface area contributed by atoms with Crippen LogP contribution in [0, 0.1) is 6.92 Å². The largest absolute Gasteiger partial charge is 0.329 e. The Morgan fingerprint density at radius 3 is 2.70 bits per heavy atom. The first-order valence-electron chi connectivity index (χ1n) is 7.05. The topological polar surface area (TPSA) is 101 Å². The van der Waals surface area contributed by atoms with E-state index in [4.69, 9.17) is 5.73 Å². The maximum Gasteiger partial charge on any atom is 0.240 e. The van der Waals surface area contributed by atoms with Crippen molar-refractivity contribution in [3.63, 3.8) is 0 Å². The molecule has 124 valence electrons. The predicted molar refractivity (Wildman–Crippen MR) is 92.1 cm³/mol. The van der Waals surface area contributed by atoms with Gasteiger partial charge in [0.05, 0.1) is 11.3 Å². The second kappa shape index (κ2) is 7.69. The summed E-state index contributed by atoms with van der Waals surface area (Å²) in [6.07, 6.45) is 0.265. The quantitative estimate of drug-likeness (QED) is 0.701. The Hall–Kier alpha value is -1.74. The van der Waals surface area contributed by atoms with Gasteiger partial charge in [-0.2, -0.15) is 0 Å². The molecule has 2 rings (SSSR count). The van der Waals surface area contributed by atoms with Crippen molar-refractivity contribution in [1.29, 1.82) is 0 Å². The second-order valence-corrected chi connectivity index (χ2v) is 8.09. The Morgan fingerprint density at radius 1 is 1.26 bits per heavy atom. The van der Waals surface area contributed by atoms with Gasteiger partial charge in [0.25, 0.3) is 0 Å². The highest BCUT2D eigenvalue weighted by Crippen LogP contribution is 2.18. The molecule has 0 radical (unpaired) electrons. The minimum absolute atomic E-state index is 0.0933. The van der Waals surface area contributed by atoms with E-state index in [0.29, 0.717) is 5.69 Å². The standard InChI is InChI=1S/C15H19N3O3S2/c1-11-5-6-13(22-11)10-15(19)18-12-3-2-4-14(9-12)23(20,21)17-8-7-16/h2-6,9,17H,7-8,10,16H2,1H3,(H,18,19). The summed E-state index contributed by atoms with van der Waals surface area (Å²) in [6.45, 7) is 2.36. The van der Waals surface area contributed by atoms with Crippen molar-refractivity contribution in [2.75, 3.05) is 18.4 Å². The highest BCUT2D eigenvalue weighted by atomic mass is 32.2. The maximum absolute atomic E-state index is 12.0. The Labute approximate surface area is 139 Å². The molecular weight excluding hydrogens is 334 g/mol. The number of anilines is 1. The SMILES string of the molecule is Cc1ccc(CC(=O)Nc2cccc(S(=O)(=O)NCCN)c2)s1. The van der Waals surface area contributed by atoms with E-state index in [9.17, 15) is 13.2 Å². The van der Waals surface area contributed by atoms with Crippen LogP contribution in [-0.4, -0.2) is 27.4 Å². The second-order valence-electron chi connectivity index (χ2n) is 4.95. The third kappa shape index (κ3) is 5.14. The summed E-state index contributed by atoms with van der Waals surface area (Å²) in [5.74, 6) is -0.184. The third-order valence-corrected chi connectivity index (χ3v) is 5.45. The highest BCUT2D eigenvalue weighted by Gasteiger charge is 2.14. The predicted octanol–water partition coefficient (Wildman–Crippen LogP) is 1.47. The number of nitrogens with one attached hydrogen (secondary N) is 2. The zero-order valence-corrected chi connectivity index (χ0v) is 14.3. The van der Waals surface area contributed by atoms with Gasteiger partial charge in [-0.05, 0) is 37.3 Å². The molecule has 23 heavy (non-hydrogen) atoms. The lowest BCUT2D eigenvalue weighted by atomic mass is 10.3. The molecule has 2 aromatic rings. The molecule has 1 aromatic carbocycles. The average molecular weight is 353 g/mol. The summed E-state index contributed by atoms with van der Waals surface area (Å²) in [5.41, 5.74) is 5.75. The zero-order valence-electron chi connectivity index (χ0n) is 12.7. The molecule has 0 spiro atoms. The van der Waals surface area contributed by atoms with E-state index in [2.05, 4.69) is 10.0 Å². The molecule has 6 nitrogen and oxygen atoms in total. The molecular formula is C15H19N3O3S2. The summed E-state index contributed by atoms with van der Waals surface area (Å²) in [7, 11) is -3.62. The molecule has 0 unspecified atom stereocenters. The van der Waals surface area contributed by atoms with Crippen molar-refractivity contribution in [2.24, 2.45) is 5.73 Å². The first kappa shape index (κ1) is 17.6. The van der Waals surface area contributed by atoms with Gasteiger partial charge in [0.15, 0.2) is 0 Å². The molecule has 0 aliphatic rings. The lowest BCUT2D eigenvalue weighted by molar-refractivity contribution is -0.115. The molecule has 1 aromatic heterocycles. The molecule has 0 saturated heterocycles. The van der Waals surface area contributed by atoms with E-state index in [-0.39, 0.29) is 30.3 Å². The summed E-state index contributed by atoms with van der Waals surface area (Å²) in [5, 5.41) is 2.72. The van der Waals surface area contributed by atoms with Crippen molar-refractivity contribution < 1.29 is 13.2 Å². The van der Waals surface area contributed by atoms with E-state index in [1.807, 2.05) is 19.1 Å². The summed E-state index contributed by atoms with van der Waals surface area (Å²) >= 11 is 1.56. The fraction of sp³-hybridized carbons (Fsp3) is 0.267. The molecule has 0 aliphatic heterocycles. The number of thiophene rings is 1. The Kier molecular flexibility index (Phi) is 5.89. The molecule has 0 saturated carbocycles. The van der Waals surface area contributed by atoms with Gasteiger partial charge in [-0.15, -0.1) is 11.3 Å². The van der Waals surface area contributed by atoms with Crippen LogP contribution < -0.4 is 15.8 Å². The molecule has 8 heteroatoms. The van der Waals surface area contributed by atoms with E-state index < -0.39 is 10.0 Å². The van der Waals surface area contributed by atoms with Gasteiger partial charge < -0.3 is 11.1 Å². The van der Waals surface area contributed by atoms with Crippen LogP contribution in [0.15, 0.2) is 41.3 Å². The van der Waals surface area contributed by atoms with Crippen LogP contribution in [0.2, 0.25) is 0 Å². The number of hydrogen-bond acceptors (Lipinski definition) is 5. The summed E-state index contributed by atoms with van der Waals surface area (Å²) in [6, 6.07) is 10.0. The van der Waals surface area contributed by atoms with E-state index in [1.54, 1.807) is 23.5 Å². The number of aryl methyl sites for hydroxylation is 1. The molecule has 4 N–H and O–H groups in total. The first-order valence-corrected chi connectivity index (χ1v) is 9.35. The van der Waals surface area contributed by atoms with Gasteiger partial charge in [0.1, 0.15) is 0 Å². The van der Waals surface area contributed by atoms with Gasteiger partial charge in [-0.3, -0.25) is 4.79 Å². The van der Waals surface area contributed by atoms with Gasteiger partial charge >= 0.3 is 0 Å². The fourth-order valence-electron chi connectivity index (χ4n) is 1.96. The average Bonchev–Trinajstić information content (AvgIpc) is 2.90. The molecule has 1 amide bonds. The van der Waals surface area contributed by atoms with Gasteiger partial charge in [-0.25, -0.2) is 13.1 Å². The number of amides is 1. The van der Waals surface area contributed by atoms with E-state index in [0.717, 1.165) is 9.75 Å². The maximum atomic E-state index is 12.0. The normalized spacial score (nSPS) is 11.4. The number of hydrogen-bond donors (Lipinski definition) is 3. The number of nitrogens with two attached hydrogens (primary N) is 1. The number of rotatable bonds is 7. The molecule has 0 aliphatic carbocycles. The van der Waals surface area contributed by atoms with Crippen molar-refractivity contribution in [3.05, 3.63) is 46.2 Å². The lowest BCUT2D eigenvalue weighted by Crippen LogP contribution is -2.29. The van der Waals surface area contributed by atoms with Gasteiger partial charge in [0, 0.05) is 28.5 Å².